The van der Waals surface area contributed by atoms with Gasteiger partial charge in [-0.1, -0.05) is 18.3 Å². The third kappa shape index (κ3) is 5.43. The van der Waals surface area contributed by atoms with Crippen LogP contribution in [0, 0.1) is 6.92 Å². The van der Waals surface area contributed by atoms with Gasteiger partial charge in [-0.3, -0.25) is 15.0 Å². The molecular weight excluding hydrogens is 316 g/mol. The lowest BCUT2D eigenvalue weighted by atomic mass is 10.2. The molecule has 2 N–H and O–H groups in total. The molecule has 2 rings (SSSR count). The van der Waals surface area contributed by atoms with Crippen molar-refractivity contribution in [2.45, 2.75) is 33.2 Å². The van der Waals surface area contributed by atoms with E-state index in [9.17, 15) is 9.59 Å². The smallest absolute Gasteiger partial charge is 0.323 e. The number of piperazine rings is 1. The summed E-state index contributed by atoms with van der Waals surface area (Å²) in [5.74, 6) is 0.0431. The predicted octanol–water partition coefficient (Wildman–Crippen LogP) is 0.911. The van der Waals surface area contributed by atoms with Gasteiger partial charge in [0.05, 0.1) is 6.54 Å². The van der Waals surface area contributed by atoms with E-state index >= 15 is 0 Å². The minimum atomic E-state index is -0.162. The highest BCUT2D eigenvalue weighted by molar-refractivity contribution is 7.15. The number of hydrogen-bond donors (Lipinski definition) is 2. The zero-order chi connectivity index (χ0) is 16.8. The van der Waals surface area contributed by atoms with E-state index in [1.54, 1.807) is 4.90 Å². The number of carbonyl (C=O) groups excluding carboxylic acids is 2. The Morgan fingerprint density at radius 1 is 1.26 bits per heavy atom. The van der Waals surface area contributed by atoms with Crippen molar-refractivity contribution in [3.05, 3.63) is 5.01 Å². The summed E-state index contributed by atoms with van der Waals surface area (Å²) in [4.78, 5) is 27.8. The first-order valence-corrected chi connectivity index (χ1v) is 8.67. The van der Waals surface area contributed by atoms with Crippen LogP contribution in [0.5, 0.6) is 0 Å². The van der Waals surface area contributed by atoms with Gasteiger partial charge in [-0.2, -0.15) is 0 Å². The number of aromatic nitrogens is 2. The molecule has 8 nitrogen and oxygen atoms in total. The molecule has 1 atom stereocenters. The fourth-order valence-electron chi connectivity index (χ4n) is 2.25. The molecule has 2 heterocycles. The van der Waals surface area contributed by atoms with Crippen molar-refractivity contribution in [1.82, 2.24) is 25.3 Å². The molecule has 128 valence electrons. The van der Waals surface area contributed by atoms with Crippen molar-refractivity contribution in [2.75, 3.05) is 38.0 Å². The van der Waals surface area contributed by atoms with E-state index < -0.39 is 0 Å². The van der Waals surface area contributed by atoms with Gasteiger partial charge in [0.1, 0.15) is 5.01 Å². The SMILES string of the molecule is CCC(C)NC(=O)CN1CCN(C(=O)Nc2nnc(C)s2)CC1. The van der Waals surface area contributed by atoms with Crippen molar-refractivity contribution in [2.24, 2.45) is 0 Å². The molecule has 1 fully saturated rings. The van der Waals surface area contributed by atoms with E-state index in [1.165, 1.54) is 11.3 Å². The minimum absolute atomic E-state index is 0.0431. The standard InChI is InChI=1S/C14H24N6O2S/c1-4-10(2)15-12(21)9-19-5-7-20(8-6-19)14(22)16-13-18-17-11(3)23-13/h10H,4-9H2,1-3H3,(H,15,21)(H,16,18,22). The van der Waals surface area contributed by atoms with Gasteiger partial charge in [0.15, 0.2) is 0 Å². The second-order valence-electron chi connectivity index (χ2n) is 5.70. The molecular formula is C14H24N6O2S. The van der Waals surface area contributed by atoms with E-state index in [1.807, 2.05) is 20.8 Å². The third-order valence-electron chi connectivity index (χ3n) is 3.79. The maximum atomic E-state index is 12.1. The summed E-state index contributed by atoms with van der Waals surface area (Å²) in [6, 6.07) is 0.0368. The number of urea groups is 1. The van der Waals surface area contributed by atoms with Crippen LogP contribution in [-0.2, 0) is 4.79 Å². The molecule has 0 radical (unpaired) electrons. The third-order valence-corrected chi connectivity index (χ3v) is 4.54. The van der Waals surface area contributed by atoms with Crippen molar-refractivity contribution < 1.29 is 9.59 Å². The first-order valence-electron chi connectivity index (χ1n) is 7.85. The highest BCUT2D eigenvalue weighted by Gasteiger charge is 2.23. The second-order valence-corrected chi connectivity index (χ2v) is 6.88. The Hall–Kier alpha value is -1.74. The molecule has 0 bridgehead atoms. The Bertz CT molecular complexity index is 541. The van der Waals surface area contributed by atoms with Crippen molar-refractivity contribution >= 4 is 28.4 Å². The molecule has 0 saturated carbocycles. The van der Waals surface area contributed by atoms with Crippen LogP contribution in [0.3, 0.4) is 0 Å². The zero-order valence-corrected chi connectivity index (χ0v) is 14.7. The van der Waals surface area contributed by atoms with Crippen LogP contribution in [0.1, 0.15) is 25.3 Å². The van der Waals surface area contributed by atoms with Crippen molar-refractivity contribution in [3.63, 3.8) is 0 Å². The van der Waals surface area contributed by atoms with Crippen LogP contribution in [0.2, 0.25) is 0 Å². The van der Waals surface area contributed by atoms with Gasteiger partial charge in [-0.05, 0) is 20.3 Å². The van der Waals surface area contributed by atoms with Crippen molar-refractivity contribution in [3.8, 4) is 0 Å². The Kier molecular flexibility index (Phi) is 6.28. The fourth-order valence-corrected chi connectivity index (χ4v) is 2.83. The van der Waals surface area contributed by atoms with Crippen LogP contribution in [0.15, 0.2) is 0 Å². The highest BCUT2D eigenvalue weighted by atomic mass is 32.1. The molecule has 0 aliphatic carbocycles. The Balaban J connectivity index is 1.73. The number of carbonyl (C=O) groups is 2. The summed E-state index contributed by atoms with van der Waals surface area (Å²) in [7, 11) is 0. The Morgan fingerprint density at radius 3 is 2.52 bits per heavy atom. The number of anilines is 1. The normalized spacial score (nSPS) is 16.9. The molecule has 1 saturated heterocycles. The summed E-state index contributed by atoms with van der Waals surface area (Å²) in [6.45, 7) is 8.84. The first kappa shape index (κ1) is 17.6. The molecule has 1 aromatic heterocycles. The maximum Gasteiger partial charge on any atom is 0.323 e. The quantitative estimate of drug-likeness (QED) is 0.831. The molecule has 0 aromatic carbocycles. The van der Waals surface area contributed by atoms with Gasteiger partial charge in [-0.25, -0.2) is 4.79 Å². The zero-order valence-electron chi connectivity index (χ0n) is 13.8. The summed E-state index contributed by atoms with van der Waals surface area (Å²) in [5.41, 5.74) is 0. The maximum absolute atomic E-state index is 12.1. The number of rotatable bonds is 5. The fraction of sp³-hybridized carbons (Fsp3) is 0.714. The molecule has 1 aliphatic rings. The van der Waals surface area contributed by atoms with Crippen molar-refractivity contribution in [1.29, 1.82) is 0 Å². The van der Waals surface area contributed by atoms with E-state index in [2.05, 4.69) is 25.7 Å². The summed E-state index contributed by atoms with van der Waals surface area (Å²) in [5, 5.41) is 14.8. The number of hydrogen-bond acceptors (Lipinski definition) is 6. The molecule has 1 aliphatic heterocycles. The van der Waals surface area contributed by atoms with Gasteiger partial charge in [0.25, 0.3) is 0 Å². The second kappa shape index (κ2) is 8.21. The molecule has 1 unspecified atom stereocenters. The topological polar surface area (TPSA) is 90.5 Å². The first-order chi connectivity index (χ1) is 11.0. The average molecular weight is 340 g/mol. The molecule has 23 heavy (non-hydrogen) atoms. The lowest BCUT2D eigenvalue weighted by molar-refractivity contribution is -0.123. The summed E-state index contributed by atoms with van der Waals surface area (Å²) in [6.07, 6.45) is 0.921. The van der Waals surface area contributed by atoms with Gasteiger partial charge >= 0.3 is 6.03 Å². The van der Waals surface area contributed by atoms with Gasteiger partial charge in [-0.15, -0.1) is 10.2 Å². The summed E-state index contributed by atoms with van der Waals surface area (Å²) < 4.78 is 0. The largest absolute Gasteiger partial charge is 0.353 e. The van der Waals surface area contributed by atoms with E-state index in [4.69, 9.17) is 0 Å². The van der Waals surface area contributed by atoms with Crippen LogP contribution >= 0.6 is 11.3 Å². The number of aryl methyl sites for hydroxylation is 1. The predicted molar refractivity (Wildman–Crippen MR) is 89.6 cm³/mol. The molecule has 0 spiro atoms. The van der Waals surface area contributed by atoms with Crippen LogP contribution in [-0.4, -0.2) is 70.7 Å². The van der Waals surface area contributed by atoms with E-state index in [0.717, 1.165) is 11.4 Å². The lowest BCUT2D eigenvalue weighted by Gasteiger charge is -2.34. The van der Waals surface area contributed by atoms with Gasteiger partial charge in [0.2, 0.25) is 11.0 Å². The number of nitrogens with zero attached hydrogens (tertiary/aromatic N) is 4. The lowest BCUT2D eigenvalue weighted by Crippen LogP contribution is -2.52. The van der Waals surface area contributed by atoms with Crippen LogP contribution in [0.25, 0.3) is 0 Å². The van der Waals surface area contributed by atoms with E-state index in [0.29, 0.717) is 37.9 Å². The van der Waals surface area contributed by atoms with Gasteiger partial charge < -0.3 is 10.2 Å². The number of amides is 3. The molecule has 1 aromatic rings. The average Bonchev–Trinajstić information content (AvgIpc) is 2.92. The highest BCUT2D eigenvalue weighted by Crippen LogP contribution is 2.14. The number of nitrogens with one attached hydrogen (secondary N) is 2. The Morgan fingerprint density at radius 2 is 1.96 bits per heavy atom. The summed E-state index contributed by atoms with van der Waals surface area (Å²) >= 11 is 1.35. The van der Waals surface area contributed by atoms with Crippen LogP contribution < -0.4 is 10.6 Å². The monoisotopic (exact) mass is 340 g/mol. The van der Waals surface area contributed by atoms with Crippen LogP contribution in [0.4, 0.5) is 9.93 Å². The molecule has 9 heteroatoms. The minimum Gasteiger partial charge on any atom is -0.353 e. The van der Waals surface area contributed by atoms with Gasteiger partial charge in [0, 0.05) is 32.2 Å². The Labute approximate surface area is 140 Å². The van der Waals surface area contributed by atoms with E-state index in [-0.39, 0.29) is 18.0 Å². The molecule has 3 amide bonds.